The number of aromatic nitrogens is 2. The summed E-state index contributed by atoms with van der Waals surface area (Å²) in [6.45, 7) is 9.93. The number of Topliss-reactive ketones (excluding diaryl/α,β-unsaturated/α-hetero) is 1. The van der Waals surface area contributed by atoms with E-state index in [0.717, 1.165) is 10.2 Å². The van der Waals surface area contributed by atoms with Crippen LogP contribution >= 0.6 is 11.3 Å². The maximum atomic E-state index is 13.1. The monoisotopic (exact) mass is 435 g/mol. The lowest BCUT2D eigenvalue weighted by atomic mass is 9.87. The van der Waals surface area contributed by atoms with Crippen LogP contribution in [0.4, 0.5) is 5.13 Å². The Morgan fingerprint density at radius 1 is 1.23 bits per heavy atom. The fraction of sp³-hybridized carbons (Fsp3) is 0.333. The second-order valence-electron chi connectivity index (χ2n) is 9.07. The standard InChI is InChI=1S/C24H25N3O3S/c1-13(2)20(28)18-19(14-7-6-10-25-12-14)27(22(30)21(18)29)23-26-16-9-8-15(24(3,4)5)11-17(16)31-23/h6-13,19,29H,1-5H3. The fourth-order valence-corrected chi connectivity index (χ4v) is 4.73. The molecule has 0 fully saturated rings. The molecular weight excluding hydrogens is 410 g/mol. The quantitative estimate of drug-likeness (QED) is 0.615. The number of aliphatic hydroxyl groups excluding tert-OH is 1. The summed E-state index contributed by atoms with van der Waals surface area (Å²) in [6, 6.07) is 8.86. The molecule has 2 aromatic heterocycles. The minimum atomic E-state index is -0.765. The van der Waals surface area contributed by atoms with E-state index in [1.807, 2.05) is 12.1 Å². The van der Waals surface area contributed by atoms with Gasteiger partial charge < -0.3 is 5.11 Å². The van der Waals surface area contributed by atoms with Crippen LogP contribution in [0.5, 0.6) is 0 Å². The molecule has 31 heavy (non-hydrogen) atoms. The Morgan fingerprint density at radius 3 is 2.58 bits per heavy atom. The molecule has 0 radical (unpaired) electrons. The molecular formula is C24H25N3O3S. The summed E-state index contributed by atoms with van der Waals surface area (Å²) in [5.41, 5.74) is 2.68. The summed E-state index contributed by atoms with van der Waals surface area (Å²) < 4.78 is 0.947. The number of ketones is 1. The summed E-state index contributed by atoms with van der Waals surface area (Å²) in [5, 5.41) is 11.1. The highest BCUT2D eigenvalue weighted by molar-refractivity contribution is 7.22. The number of thiazole rings is 1. The number of benzene rings is 1. The molecule has 1 N–H and O–H groups in total. The molecule has 0 bridgehead atoms. The predicted molar refractivity (Wildman–Crippen MR) is 122 cm³/mol. The zero-order valence-corrected chi connectivity index (χ0v) is 19.0. The summed E-state index contributed by atoms with van der Waals surface area (Å²) in [4.78, 5) is 36.3. The van der Waals surface area contributed by atoms with Gasteiger partial charge in [-0.2, -0.15) is 0 Å². The molecule has 6 nitrogen and oxygen atoms in total. The Morgan fingerprint density at radius 2 is 1.97 bits per heavy atom. The van der Waals surface area contributed by atoms with E-state index in [-0.39, 0.29) is 22.7 Å². The zero-order valence-electron chi connectivity index (χ0n) is 18.2. The number of carbonyl (C=O) groups excluding carboxylic acids is 2. The maximum absolute atomic E-state index is 13.1. The Hall–Kier alpha value is -3.06. The molecule has 1 aromatic carbocycles. The maximum Gasteiger partial charge on any atom is 0.296 e. The van der Waals surface area contributed by atoms with Crippen molar-refractivity contribution in [1.82, 2.24) is 9.97 Å². The van der Waals surface area contributed by atoms with Gasteiger partial charge >= 0.3 is 0 Å². The molecule has 7 heteroatoms. The predicted octanol–water partition coefficient (Wildman–Crippen LogP) is 5.11. The van der Waals surface area contributed by atoms with Gasteiger partial charge in [-0.3, -0.25) is 19.5 Å². The number of amides is 1. The van der Waals surface area contributed by atoms with Crippen molar-refractivity contribution in [2.45, 2.75) is 46.1 Å². The van der Waals surface area contributed by atoms with Crippen LogP contribution in [0, 0.1) is 5.92 Å². The molecule has 0 aliphatic carbocycles. The lowest BCUT2D eigenvalue weighted by Crippen LogP contribution is -2.31. The summed E-state index contributed by atoms with van der Waals surface area (Å²) in [7, 11) is 0. The van der Waals surface area contributed by atoms with E-state index in [9.17, 15) is 14.7 Å². The molecule has 1 atom stereocenters. The number of rotatable bonds is 4. The van der Waals surface area contributed by atoms with Crippen molar-refractivity contribution in [2.24, 2.45) is 5.92 Å². The molecule has 1 aliphatic heterocycles. The zero-order chi connectivity index (χ0) is 22.5. The summed E-state index contributed by atoms with van der Waals surface area (Å²) >= 11 is 1.38. The number of pyridine rings is 1. The number of hydrogen-bond acceptors (Lipinski definition) is 6. The Kier molecular flexibility index (Phi) is 5.17. The van der Waals surface area contributed by atoms with Crippen LogP contribution in [0.3, 0.4) is 0 Å². The lowest BCUT2D eigenvalue weighted by molar-refractivity contribution is -0.119. The summed E-state index contributed by atoms with van der Waals surface area (Å²) in [5.74, 6) is -1.76. The van der Waals surface area contributed by atoms with Crippen molar-refractivity contribution in [3.05, 3.63) is 65.2 Å². The molecule has 0 spiro atoms. The van der Waals surface area contributed by atoms with Crippen molar-refractivity contribution in [3.8, 4) is 0 Å². The molecule has 1 aliphatic rings. The first kappa shape index (κ1) is 21.2. The van der Waals surface area contributed by atoms with Gasteiger partial charge in [0.05, 0.1) is 21.8 Å². The van der Waals surface area contributed by atoms with Crippen LogP contribution in [-0.2, 0) is 15.0 Å². The molecule has 3 heterocycles. The van der Waals surface area contributed by atoms with Crippen molar-refractivity contribution >= 4 is 38.4 Å². The van der Waals surface area contributed by atoms with Crippen LogP contribution in [0.2, 0.25) is 0 Å². The first-order chi connectivity index (χ1) is 14.6. The van der Waals surface area contributed by atoms with Gasteiger partial charge in [0.1, 0.15) is 0 Å². The average molecular weight is 436 g/mol. The van der Waals surface area contributed by atoms with Gasteiger partial charge in [0.15, 0.2) is 16.7 Å². The molecule has 3 aromatic rings. The van der Waals surface area contributed by atoms with E-state index in [1.54, 1.807) is 38.4 Å². The fourth-order valence-electron chi connectivity index (χ4n) is 3.70. The Bertz CT molecular complexity index is 1210. The Balaban J connectivity index is 1.87. The topological polar surface area (TPSA) is 83.4 Å². The van der Waals surface area contributed by atoms with Crippen LogP contribution in [-0.4, -0.2) is 26.8 Å². The van der Waals surface area contributed by atoms with E-state index in [1.165, 1.54) is 21.8 Å². The van der Waals surface area contributed by atoms with Gasteiger partial charge in [0.2, 0.25) is 0 Å². The number of anilines is 1. The van der Waals surface area contributed by atoms with Crippen LogP contribution in [0.15, 0.2) is 54.1 Å². The highest BCUT2D eigenvalue weighted by Gasteiger charge is 2.46. The third kappa shape index (κ3) is 3.63. The second-order valence-corrected chi connectivity index (χ2v) is 10.1. The second kappa shape index (κ2) is 7.57. The van der Waals surface area contributed by atoms with E-state index in [0.29, 0.717) is 10.7 Å². The highest BCUT2D eigenvalue weighted by atomic mass is 32.1. The van der Waals surface area contributed by atoms with Crippen LogP contribution in [0.25, 0.3) is 10.2 Å². The third-order valence-corrected chi connectivity index (χ3v) is 6.46. The molecule has 160 valence electrons. The van der Waals surface area contributed by atoms with Crippen LogP contribution < -0.4 is 4.90 Å². The number of nitrogens with zero attached hydrogens (tertiary/aromatic N) is 3. The number of hydrogen-bond donors (Lipinski definition) is 1. The highest BCUT2D eigenvalue weighted by Crippen LogP contribution is 2.44. The van der Waals surface area contributed by atoms with Crippen molar-refractivity contribution in [3.63, 3.8) is 0 Å². The molecule has 0 saturated heterocycles. The van der Waals surface area contributed by atoms with Gasteiger partial charge in [0, 0.05) is 18.3 Å². The minimum absolute atomic E-state index is 0.0171. The Labute approximate surface area is 185 Å². The smallest absolute Gasteiger partial charge is 0.296 e. The van der Waals surface area contributed by atoms with E-state index >= 15 is 0 Å². The van der Waals surface area contributed by atoms with Gasteiger partial charge in [-0.15, -0.1) is 0 Å². The number of aliphatic hydroxyl groups is 1. The van der Waals surface area contributed by atoms with Gasteiger partial charge in [-0.25, -0.2) is 4.98 Å². The van der Waals surface area contributed by atoms with Crippen molar-refractivity contribution in [1.29, 1.82) is 0 Å². The van der Waals surface area contributed by atoms with Crippen LogP contribution in [0.1, 0.15) is 51.8 Å². The summed E-state index contributed by atoms with van der Waals surface area (Å²) in [6.07, 6.45) is 3.24. The molecule has 0 saturated carbocycles. The van der Waals surface area contributed by atoms with E-state index in [4.69, 9.17) is 0 Å². The van der Waals surface area contributed by atoms with E-state index in [2.05, 4.69) is 36.8 Å². The molecule has 1 unspecified atom stereocenters. The van der Waals surface area contributed by atoms with Gasteiger partial charge in [-0.05, 0) is 34.7 Å². The molecule has 4 rings (SSSR count). The van der Waals surface area contributed by atoms with Crippen molar-refractivity contribution in [2.75, 3.05) is 4.90 Å². The number of fused-ring (bicyclic) bond motifs is 1. The van der Waals surface area contributed by atoms with Gasteiger partial charge in [-0.1, -0.05) is 58.1 Å². The first-order valence-corrected chi connectivity index (χ1v) is 11.0. The van der Waals surface area contributed by atoms with Crippen molar-refractivity contribution < 1.29 is 14.7 Å². The SMILES string of the molecule is CC(C)C(=O)C1=C(O)C(=O)N(c2nc3ccc(C(C)(C)C)cc3s2)C1c1cccnc1. The number of carbonyl (C=O) groups is 2. The normalized spacial score (nSPS) is 17.3. The van der Waals surface area contributed by atoms with Gasteiger partial charge in [0.25, 0.3) is 5.91 Å². The lowest BCUT2D eigenvalue weighted by Gasteiger charge is -2.24. The minimum Gasteiger partial charge on any atom is -0.503 e. The average Bonchev–Trinajstić information content (AvgIpc) is 3.25. The van der Waals surface area contributed by atoms with E-state index < -0.39 is 17.7 Å². The molecule has 1 amide bonds. The largest absolute Gasteiger partial charge is 0.503 e. The first-order valence-electron chi connectivity index (χ1n) is 10.2. The third-order valence-electron chi connectivity index (χ3n) is 5.45.